The molecule has 3 aromatic rings. The summed E-state index contributed by atoms with van der Waals surface area (Å²) in [5.41, 5.74) is 2.10. The number of thiophene rings is 1. The molecule has 1 aliphatic rings. The van der Waals surface area contributed by atoms with Crippen LogP contribution in [0.3, 0.4) is 0 Å². The maximum absolute atomic E-state index is 6.24. The summed E-state index contributed by atoms with van der Waals surface area (Å²) in [7, 11) is 0. The molecule has 1 N–H and O–H groups in total. The summed E-state index contributed by atoms with van der Waals surface area (Å²) < 4.78 is 0. The molecule has 8 heteroatoms. The molecule has 1 aliphatic heterocycles. The van der Waals surface area contributed by atoms with Crippen molar-refractivity contribution >= 4 is 51.6 Å². The minimum Gasteiger partial charge on any atom is -0.355 e. The summed E-state index contributed by atoms with van der Waals surface area (Å²) in [5.74, 6) is 2.33. The second-order valence-electron chi connectivity index (χ2n) is 5.15. The van der Waals surface area contributed by atoms with Gasteiger partial charge in [-0.1, -0.05) is 23.4 Å². The molecule has 3 aromatic heterocycles. The summed E-state index contributed by atoms with van der Waals surface area (Å²) >= 11 is 9.51. The van der Waals surface area contributed by atoms with E-state index in [9.17, 15) is 0 Å². The van der Waals surface area contributed by atoms with Gasteiger partial charge in [0.05, 0.1) is 17.5 Å². The Balaban J connectivity index is 1.50. The highest BCUT2D eigenvalue weighted by Crippen LogP contribution is 2.28. The van der Waals surface area contributed by atoms with Gasteiger partial charge in [0.15, 0.2) is 11.0 Å². The summed E-state index contributed by atoms with van der Waals surface area (Å²) in [6.45, 7) is 2.05. The minimum absolute atomic E-state index is 0.633. The Morgan fingerprint density at radius 1 is 1.27 bits per heavy atom. The van der Waals surface area contributed by atoms with E-state index in [1.165, 1.54) is 12.8 Å². The van der Waals surface area contributed by atoms with Crippen LogP contribution in [0.1, 0.15) is 18.7 Å². The van der Waals surface area contributed by atoms with Crippen molar-refractivity contribution in [3.05, 3.63) is 27.8 Å². The number of aromatic amines is 1. The van der Waals surface area contributed by atoms with Gasteiger partial charge in [-0.25, -0.2) is 15.0 Å². The standard InChI is InChI=1S/C14H14ClN5S2/c15-9-5-16-12(19-13(9)20-3-1-2-4-20)8-22-14-17-10-6-21-7-11(10)18-14/h5-7H,1-4,8H2,(H,17,18). The first kappa shape index (κ1) is 14.3. The molecule has 22 heavy (non-hydrogen) atoms. The Morgan fingerprint density at radius 3 is 2.95 bits per heavy atom. The van der Waals surface area contributed by atoms with Crippen molar-refractivity contribution in [2.24, 2.45) is 0 Å². The number of aromatic nitrogens is 4. The molecule has 0 aromatic carbocycles. The van der Waals surface area contributed by atoms with Gasteiger partial charge in [0, 0.05) is 23.8 Å². The molecule has 0 bridgehead atoms. The summed E-state index contributed by atoms with van der Waals surface area (Å²) in [4.78, 5) is 19.0. The first-order chi connectivity index (χ1) is 10.8. The number of thioether (sulfide) groups is 1. The fourth-order valence-electron chi connectivity index (χ4n) is 2.54. The Kier molecular flexibility index (Phi) is 3.94. The number of imidazole rings is 1. The third-order valence-electron chi connectivity index (χ3n) is 3.62. The van der Waals surface area contributed by atoms with Gasteiger partial charge in [-0.05, 0) is 12.8 Å². The van der Waals surface area contributed by atoms with E-state index in [0.29, 0.717) is 10.8 Å². The lowest BCUT2D eigenvalue weighted by Gasteiger charge is -2.17. The number of anilines is 1. The first-order valence-electron chi connectivity index (χ1n) is 7.11. The SMILES string of the molecule is Clc1cnc(CSc2nc3cscc3[nH]2)nc1N1CCCC1. The second kappa shape index (κ2) is 6.06. The molecule has 5 nitrogen and oxygen atoms in total. The second-order valence-corrected chi connectivity index (χ2v) is 7.27. The largest absolute Gasteiger partial charge is 0.355 e. The van der Waals surface area contributed by atoms with Gasteiger partial charge in [-0.3, -0.25) is 0 Å². The number of nitrogens with one attached hydrogen (secondary N) is 1. The molecule has 0 unspecified atom stereocenters. The first-order valence-corrected chi connectivity index (χ1v) is 9.41. The van der Waals surface area contributed by atoms with Crippen LogP contribution in [0.2, 0.25) is 5.02 Å². The lowest BCUT2D eigenvalue weighted by Crippen LogP contribution is -2.20. The highest BCUT2D eigenvalue weighted by atomic mass is 35.5. The zero-order chi connectivity index (χ0) is 14.9. The van der Waals surface area contributed by atoms with E-state index < -0.39 is 0 Å². The normalized spacial score (nSPS) is 15.0. The number of rotatable bonds is 4. The predicted molar refractivity (Wildman–Crippen MR) is 92.0 cm³/mol. The van der Waals surface area contributed by atoms with Crippen molar-refractivity contribution in [3.8, 4) is 0 Å². The van der Waals surface area contributed by atoms with Crippen molar-refractivity contribution < 1.29 is 0 Å². The van der Waals surface area contributed by atoms with Gasteiger partial charge in [0.1, 0.15) is 16.4 Å². The molecule has 0 atom stereocenters. The number of fused-ring (bicyclic) bond motifs is 1. The molecule has 0 aliphatic carbocycles. The van der Waals surface area contributed by atoms with Crippen LogP contribution in [0.25, 0.3) is 11.0 Å². The molecule has 0 saturated carbocycles. The molecule has 0 radical (unpaired) electrons. The van der Waals surface area contributed by atoms with E-state index in [4.69, 9.17) is 11.6 Å². The molecule has 4 rings (SSSR count). The molecule has 0 amide bonds. The third kappa shape index (κ3) is 2.80. The average Bonchev–Trinajstić information content (AvgIpc) is 3.23. The van der Waals surface area contributed by atoms with Crippen LogP contribution in [0, 0.1) is 0 Å². The Bertz CT molecular complexity index is 765. The van der Waals surface area contributed by atoms with Crippen LogP contribution in [-0.4, -0.2) is 33.0 Å². The van der Waals surface area contributed by atoms with Gasteiger partial charge in [0.25, 0.3) is 0 Å². The van der Waals surface area contributed by atoms with E-state index >= 15 is 0 Å². The van der Waals surface area contributed by atoms with Crippen LogP contribution in [0.4, 0.5) is 5.82 Å². The van der Waals surface area contributed by atoms with Gasteiger partial charge in [-0.15, -0.1) is 11.3 Å². The molecular formula is C14H14ClN5S2. The van der Waals surface area contributed by atoms with Gasteiger partial charge in [-0.2, -0.15) is 0 Å². The smallest absolute Gasteiger partial charge is 0.166 e. The Labute approximate surface area is 141 Å². The van der Waals surface area contributed by atoms with Crippen LogP contribution < -0.4 is 4.90 Å². The van der Waals surface area contributed by atoms with Crippen molar-refractivity contribution in [2.75, 3.05) is 18.0 Å². The summed E-state index contributed by atoms with van der Waals surface area (Å²) in [5, 5.41) is 5.64. The summed E-state index contributed by atoms with van der Waals surface area (Å²) in [6.07, 6.45) is 4.11. The predicted octanol–water partition coefficient (Wildman–Crippen LogP) is 3.96. The molecule has 1 saturated heterocycles. The number of halogens is 1. The van der Waals surface area contributed by atoms with Crippen LogP contribution in [-0.2, 0) is 5.75 Å². The molecule has 1 fully saturated rings. The van der Waals surface area contributed by atoms with Crippen LogP contribution in [0.15, 0.2) is 22.1 Å². The number of H-pyrrole nitrogens is 1. The van der Waals surface area contributed by atoms with E-state index in [1.807, 2.05) is 5.38 Å². The minimum atomic E-state index is 0.633. The van der Waals surface area contributed by atoms with Crippen molar-refractivity contribution in [1.29, 1.82) is 0 Å². The highest BCUT2D eigenvalue weighted by Gasteiger charge is 2.17. The van der Waals surface area contributed by atoms with Crippen LogP contribution in [0.5, 0.6) is 0 Å². The fraction of sp³-hybridized carbons (Fsp3) is 0.357. The molecule has 4 heterocycles. The molecule has 114 valence electrons. The average molecular weight is 352 g/mol. The maximum atomic E-state index is 6.24. The topological polar surface area (TPSA) is 57.7 Å². The fourth-order valence-corrected chi connectivity index (χ4v) is 4.19. The van der Waals surface area contributed by atoms with Crippen LogP contribution >= 0.6 is 34.7 Å². The number of nitrogens with zero attached hydrogens (tertiary/aromatic N) is 4. The van der Waals surface area contributed by atoms with E-state index in [0.717, 1.165) is 40.9 Å². The number of hydrogen-bond donors (Lipinski definition) is 1. The monoisotopic (exact) mass is 351 g/mol. The lowest BCUT2D eigenvalue weighted by atomic mass is 10.4. The van der Waals surface area contributed by atoms with Crippen molar-refractivity contribution in [3.63, 3.8) is 0 Å². The lowest BCUT2D eigenvalue weighted by molar-refractivity contribution is 0.905. The maximum Gasteiger partial charge on any atom is 0.166 e. The zero-order valence-electron chi connectivity index (χ0n) is 11.8. The number of hydrogen-bond acceptors (Lipinski definition) is 6. The van der Waals surface area contributed by atoms with E-state index in [2.05, 4.69) is 30.2 Å². The van der Waals surface area contributed by atoms with Crippen molar-refractivity contribution in [2.45, 2.75) is 23.8 Å². The third-order valence-corrected chi connectivity index (χ3v) is 5.49. The van der Waals surface area contributed by atoms with Gasteiger partial charge < -0.3 is 9.88 Å². The van der Waals surface area contributed by atoms with Crippen molar-refractivity contribution in [1.82, 2.24) is 19.9 Å². The van der Waals surface area contributed by atoms with Gasteiger partial charge >= 0.3 is 0 Å². The van der Waals surface area contributed by atoms with E-state index in [1.54, 1.807) is 29.3 Å². The van der Waals surface area contributed by atoms with Gasteiger partial charge in [0.2, 0.25) is 0 Å². The zero-order valence-corrected chi connectivity index (χ0v) is 14.1. The highest BCUT2D eigenvalue weighted by molar-refractivity contribution is 7.98. The molecule has 0 spiro atoms. The Hall–Kier alpha value is -1.31. The van der Waals surface area contributed by atoms with E-state index in [-0.39, 0.29) is 0 Å². The quantitative estimate of drug-likeness (QED) is 0.721. The molecular weight excluding hydrogens is 338 g/mol. The summed E-state index contributed by atoms with van der Waals surface area (Å²) in [6, 6.07) is 0. The Morgan fingerprint density at radius 2 is 2.14 bits per heavy atom.